The lowest BCUT2D eigenvalue weighted by atomic mass is 10.1. The molecule has 0 aliphatic heterocycles. The summed E-state index contributed by atoms with van der Waals surface area (Å²) < 4.78 is 0. The summed E-state index contributed by atoms with van der Waals surface area (Å²) in [6.07, 6.45) is 0.229. The Hall–Kier alpha value is -2.01. The number of anilines is 1. The van der Waals surface area contributed by atoms with Gasteiger partial charge in [0.15, 0.2) is 6.29 Å². The fraction of sp³-hybridized carbons (Fsp3) is 0.182. The third-order valence-electron chi connectivity index (χ3n) is 1.94. The van der Waals surface area contributed by atoms with Crippen LogP contribution < -0.4 is 11.1 Å². The average molecular weight is 220 g/mol. The van der Waals surface area contributed by atoms with Gasteiger partial charge in [-0.15, -0.1) is 0 Å². The fourth-order valence-corrected chi connectivity index (χ4v) is 1.07. The highest BCUT2D eigenvalue weighted by atomic mass is 16.2. The summed E-state index contributed by atoms with van der Waals surface area (Å²) in [5, 5.41) is 2.53. The van der Waals surface area contributed by atoms with Crippen molar-refractivity contribution in [2.24, 2.45) is 5.73 Å². The number of hydrogen-bond acceptors (Lipinski definition) is 4. The van der Waals surface area contributed by atoms with Gasteiger partial charge >= 0.3 is 0 Å². The van der Waals surface area contributed by atoms with Gasteiger partial charge in [0.05, 0.1) is 6.04 Å². The number of rotatable bonds is 4. The second-order valence-electron chi connectivity index (χ2n) is 3.34. The monoisotopic (exact) mass is 220 g/mol. The van der Waals surface area contributed by atoms with Gasteiger partial charge in [0.25, 0.3) is 0 Å². The molecule has 1 unspecified atom stereocenters. The Labute approximate surface area is 92.6 Å². The van der Waals surface area contributed by atoms with Crippen LogP contribution in [0.15, 0.2) is 24.3 Å². The highest BCUT2D eigenvalue weighted by molar-refractivity contribution is 6.33. The summed E-state index contributed by atoms with van der Waals surface area (Å²) in [5.74, 6) is -0.979. The van der Waals surface area contributed by atoms with E-state index in [9.17, 15) is 14.4 Å². The number of Topliss-reactive ketones (excluding diaryl/α,β-unsaturated/α-hetero) is 1. The number of aldehydes is 1. The van der Waals surface area contributed by atoms with Crippen LogP contribution in [-0.2, 0) is 9.59 Å². The molecule has 5 nitrogen and oxygen atoms in total. The number of nitrogens with two attached hydrogens (primary N) is 1. The van der Waals surface area contributed by atoms with Crippen LogP contribution >= 0.6 is 0 Å². The lowest BCUT2D eigenvalue weighted by molar-refractivity contribution is -0.117. The van der Waals surface area contributed by atoms with E-state index in [4.69, 9.17) is 5.73 Å². The topological polar surface area (TPSA) is 89.3 Å². The maximum absolute atomic E-state index is 11.3. The molecule has 0 radical (unpaired) electrons. The molecule has 0 aromatic heterocycles. The summed E-state index contributed by atoms with van der Waals surface area (Å²) in [7, 11) is 0. The van der Waals surface area contributed by atoms with Crippen LogP contribution in [0.2, 0.25) is 0 Å². The van der Waals surface area contributed by atoms with Crippen LogP contribution in [0.25, 0.3) is 0 Å². The molecule has 0 spiro atoms. The number of carbonyl (C=O) groups is 3. The van der Waals surface area contributed by atoms with Gasteiger partial charge in [-0.1, -0.05) is 12.1 Å². The number of ketones is 1. The number of nitrogens with one attached hydrogen (secondary N) is 1. The van der Waals surface area contributed by atoms with Crippen molar-refractivity contribution in [3.8, 4) is 0 Å². The van der Waals surface area contributed by atoms with Crippen molar-refractivity contribution in [1.82, 2.24) is 0 Å². The van der Waals surface area contributed by atoms with E-state index in [0.29, 0.717) is 5.69 Å². The van der Waals surface area contributed by atoms with E-state index in [-0.39, 0.29) is 17.8 Å². The molecule has 1 amide bonds. The zero-order chi connectivity index (χ0) is 12.1. The Bertz CT molecular complexity index is 427. The molecule has 1 rings (SSSR count). The molecule has 0 aliphatic carbocycles. The molecular formula is C11H12N2O3. The Morgan fingerprint density at radius 3 is 2.69 bits per heavy atom. The first-order chi connectivity index (χ1) is 7.54. The van der Waals surface area contributed by atoms with Crippen molar-refractivity contribution < 1.29 is 14.4 Å². The van der Waals surface area contributed by atoms with Crippen LogP contribution in [0, 0.1) is 0 Å². The first-order valence-corrected chi connectivity index (χ1v) is 4.70. The minimum Gasteiger partial charge on any atom is -0.325 e. The molecular weight excluding hydrogens is 208 g/mol. The van der Waals surface area contributed by atoms with Crippen molar-refractivity contribution >= 4 is 23.7 Å². The lowest BCUT2D eigenvalue weighted by Gasteiger charge is -2.07. The summed E-state index contributed by atoms with van der Waals surface area (Å²) in [6, 6.07) is 5.48. The van der Waals surface area contributed by atoms with Crippen molar-refractivity contribution in [2.45, 2.75) is 13.0 Å². The SMILES string of the molecule is CC(N)C(=O)Nc1cccc(C(=O)C=O)c1. The summed E-state index contributed by atoms with van der Waals surface area (Å²) in [6.45, 7) is 1.55. The lowest BCUT2D eigenvalue weighted by Crippen LogP contribution is -2.32. The van der Waals surface area contributed by atoms with Gasteiger partial charge in [-0.25, -0.2) is 0 Å². The molecule has 3 N–H and O–H groups in total. The van der Waals surface area contributed by atoms with Crippen LogP contribution in [0.3, 0.4) is 0 Å². The molecule has 84 valence electrons. The van der Waals surface area contributed by atoms with Gasteiger partial charge in [-0.3, -0.25) is 14.4 Å². The highest BCUT2D eigenvalue weighted by Crippen LogP contribution is 2.10. The molecule has 1 atom stereocenters. The summed E-state index contributed by atoms with van der Waals surface area (Å²) >= 11 is 0. The van der Waals surface area contributed by atoms with E-state index in [0.717, 1.165) is 0 Å². The molecule has 0 saturated carbocycles. The third kappa shape index (κ3) is 2.99. The number of benzene rings is 1. The molecule has 0 bridgehead atoms. The molecule has 1 aromatic carbocycles. The Morgan fingerprint density at radius 2 is 2.12 bits per heavy atom. The van der Waals surface area contributed by atoms with Crippen molar-refractivity contribution in [1.29, 1.82) is 0 Å². The van der Waals surface area contributed by atoms with Gasteiger partial charge in [-0.2, -0.15) is 0 Å². The molecule has 0 aliphatic rings. The van der Waals surface area contributed by atoms with Gasteiger partial charge in [-0.05, 0) is 19.1 Å². The van der Waals surface area contributed by atoms with E-state index >= 15 is 0 Å². The molecule has 0 heterocycles. The fourth-order valence-electron chi connectivity index (χ4n) is 1.07. The smallest absolute Gasteiger partial charge is 0.240 e. The highest BCUT2D eigenvalue weighted by Gasteiger charge is 2.09. The Kier molecular flexibility index (Phi) is 3.90. The third-order valence-corrected chi connectivity index (χ3v) is 1.94. The quantitative estimate of drug-likeness (QED) is 0.435. The maximum atomic E-state index is 11.3. The van der Waals surface area contributed by atoms with Crippen LogP contribution in [0.5, 0.6) is 0 Å². The van der Waals surface area contributed by atoms with E-state index in [1.165, 1.54) is 12.1 Å². The number of hydrogen-bond donors (Lipinski definition) is 2. The Morgan fingerprint density at radius 1 is 1.44 bits per heavy atom. The average Bonchev–Trinajstić information content (AvgIpc) is 2.28. The molecule has 0 fully saturated rings. The molecule has 0 saturated heterocycles. The largest absolute Gasteiger partial charge is 0.325 e. The minimum atomic E-state index is -0.634. The van der Waals surface area contributed by atoms with Gasteiger partial charge in [0, 0.05) is 11.3 Å². The number of amides is 1. The van der Waals surface area contributed by atoms with Crippen LogP contribution in [0.1, 0.15) is 17.3 Å². The number of carbonyl (C=O) groups excluding carboxylic acids is 3. The van der Waals surface area contributed by atoms with Crippen molar-refractivity contribution in [3.05, 3.63) is 29.8 Å². The van der Waals surface area contributed by atoms with Crippen LogP contribution in [0.4, 0.5) is 5.69 Å². The van der Waals surface area contributed by atoms with E-state index in [1.54, 1.807) is 19.1 Å². The summed E-state index contributed by atoms with van der Waals surface area (Å²) in [5.41, 5.74) is 6.05. The predicted octanol–water partition coefficient (Wildman–Crippen LogP) is 0.354. The van der Waals surface area contributed by atoms with Gasteiger partial charge in [0.2, 0.25) is 11.7 Å². The summed E-state index contributed by atoms with van der Waals surface area (Å²) in [4.78, 5) is 32.6. The van der Waals surface area contributed by atoms with Crippen molar-refractivity contribution in [2.75, 3.05) is 5.32 Å². The standard InChI is InChI=1S/C11H12N2O3/c1-7(12)11(16)13-9-4-2-3-8(5-9)10(15)6-14/h2-7H,12H2,1H3,(H,13,16). The van der Waals surface area contributed by atoms with Crippen LogP contribution in [-0.4, -0.2) is 24.0 Å². The molecule has 1 aromatic rings. The first kappa shape index (κ1) is 12.1. The normalized spacial score (nSPS) is 11.6. The van der Waals surface area contributed by atoms with Gasteiger partial charge < -0.3 is 11.1 Å². The minimum absolute atomic E-state index is 0.229. The van der Waals surface area contributed by atoms with E-state index in [2.05, 4.69) is 5.32 Å². The van der Waals surface area contributed by atoms with Crippen molar-refractivity contribution in [3.63, 3.8) is 0 Å². The Balaban J connectivity index is 2.87. The zero-order valence-electron chi connectivity index (χ0n) is 8.77. The molecule has 5 heteroatoms. The predicted molar refractivity (Wildman–Crippen MR) is 59.1 cm³/mol. The van der Waals surface area contributed by atoms with Gasteiger partial charge in [0.1, 0.15) is 0 Å². The second-order valence-corrected chi connectivity index (χ2v) is 3.34. The second kappa shape index (κ2) is 5.18. The van der Waals surface area contributed by atoms with E-state index < -0.39 is 11.8 Å². The molecule has 16 heavy (non-hydrogen) atoms. The van der Waals surface area contributed by atoms with E-state index in [1.807, 2.05) is 0 Å². The zero-order valence-corrected chi connectivity index (χ0v) is 8.77. The maximum Gasteiger partial charge on any atom is 0.240 e. The first-order valence-electron chi connectivity index (χ1n) is 4.70.